The Balaban J connectivity index is 1.44. The molecule has 1 aromatic heterocycles. The van der Waals surface area contributed by atoms with E-state index in [-0.39, 0.29) is 41.2 Å². The molecule has 2 fully saturated rings. The molecule has 2 heterocycles. The maximum Gasteiger partial charge on any atom is 0.309 e. The highest BCUT2D eigenvalue weighted by Crippen LogP contribution is 2.59. The molecular weight excluding hydrogens is 422 g/mol. The van der Waals surface area contributed by atoms with Crippen LogP contribution in [0.1, 0.15) is 60.5 Å². The summed E-state index contributed by atoms with van der Waals surface area (Å²) in [6.45, 7) is 6.30. The number of anilines is 1. The highest BCUT2D eigenvalue weighted by molar-refractivity contribution is 7.15. The molecule has 0 spiro atoms. The van der Waals surface area contributed by atoms with Crippen LogP contribution in [-0.2, 0) is 16.0 Å². The molecule has 1 saturated heterocycles. The molecule has 1 saturated carbocycles. The fraction of sp³-hybridized carbons (Fsp3) is 0.522. The number of hydrogen-bond donors (Lipinski definition) is 1. The first-order valence-electron chi connectivity index (χ1n) is 10.6. The molecule has 31 heavy (non-hydrogen) atoms. The second-order valence-corrected chi connectivity index (χ2v) is 10.5. The third-order valence-electron chi connectivity index (χ3n) is 7.57. The molecule has 164 valence electrons. The van der Waals surface area contributed by atoms with Crippen molar-refractivity contribution in [1.82, 2.24) is 4.98 Å². The van der Waals surface area contributed by atoms with E-state index >= 15 is 0 Å². The van der Waals surface area contributed by atoms with Gasteiger partial charge in [0.05, 0.1) is 11.6 Å². The Labute approximate surface area is 183 Å². The number of nitrogens with zero attached hydrogens (tertiary/aromatic N) is 1. The van der Waals surface area contributed by atoms with Crippen LogP contribution in [0.2, 0.25) is 0 Å². The first kappa shape index (κ1) is 20.5. The molecule has 1 aromatic carbocycles. The predicted octanol–water partition coefficient (Wildman–Crippen LogP) is 4.93. The van der Waals surface area contributed by atoms with Gasteiger partial charge in [-0.3, -0.25) is 14.9 Å². The Bertz CT molecular complexity index is 1070. The Kier molecular flexibility index (Phi) is 4.70. The zero-order chi connectivity index (χ0) is 22.1. The number of fused-ring (bicyclic) bond motifs is 4. The monoisotopic (exact) mass is 446 g/mol. The summed E-state index contributed by atoms with van der Waals surface area (Å²) in [7, 11) is 0. The highest BCUT2D eigenvalue weighted by Gasteiger charge is 2.58. The lowest BCUT2D eigenvalue weighted by Gasteiger charge is -2.51. The molecular formula is C23H24F2N2O3S. The summed E-state index contributed by atoms with van der Waals surface area (Å²) in [6, 6.07) is 3.33. The molecule has 3 aliphatic rings. The molecule has 2 aromatic rings. The molecule has 1 aliphatic heterocycles. The molecule has 0 bridgehead atoms. The van der Waals surface area contributed by atoms with E-state index in [1.807, 2.05) is 6.92 Å². The SMILES string of the molecule is C[C@@H]1C(=O)O[C@H]2[C@H]1CC[C@@]1(C)Cc3sc(NC(=O)c4c(F)cccc4F)nc3[C@@H](C)[C@H]21. The van der Waals surface area contributed by atoms with E-state index in [9.17, 15) is 18.4 Å². The van der Waals surface area contributed by atoms with Crippen molar-refractivity contribution in [1.29, 1.82) is 0 Å². The second kappa shape index (κ2) is 7.08. The van der Waals surface area contributed by atoms with Crippen LogP contribution in [0, 0.1) is 34.8 Å². The Hall–Kier alpha value is -2.35. The summed E-state index contributed by atoms with van der Waals surface area (Å²) in [6.07, 6.45) is 2.64. The number of carbonyl (C=O) groups excluding carboxylic acids is 2. The van der Waals surface area contributed by atoms with E-state index < -0.39 is 23.1 Å². The number of carbonyl (C=O) groups is 2. The van der Waals surface area contributed by atoms with Crippen molar-refractivity contribution in [2.75, 3.05) is 5.32 Å². The molecule has 8 heteroatoms. The summed E-state index contributed by atoms with van der Waals surface area (Å²) in [5, 5.41) is 2.91. The lowest BCUT2D eigenvalue weighted by atomic mass is 9.54. The van der Waals surface area contributed by atoms with Gasteiger partial charge in [-0.1, -0.05) is 26.8 Å². The van der Waals surface area contributed by atoms with Crippen molar-refractivity contribution in [3.8, 4) is 0 Å². The van der Waals surface area contributed by atoms with Gasteiger partial charge in [0.1, 0.15) is 23.3 Å². The maximum atomic E-state index is 14.0. The first-order chi connectivity index (χ1) is 14.7. The van der Waals surface area contributed by atoms with Gasteiger partial charge in [0.25, 0.3) is 5.91 Å². The zero-order valence-electron chi connectivity index (χ0n) is 17.6. The van der Waals surface area contributed by atoms with E-state index in [0.29, 0.717) is 5.13 Å². The van der Waals surface area contributed by atoms with Gasteiger partial charge in [0.2, 0.25) is 0 Å². The maximum absolute atomic E-state index is 14.0. The number of thiazole rings is 1. The Morgan fingerprint density at radius 3 is 2.68 bits per heavy atom. The normalized spacial score (nSPS) is 33.8. The molecule has 5 nitrogen and oxygen atoms in total. The smallest absolute Gasteiger partial charge is 0.309 e. The quantitative estimate of drug-likeness (QED) is 0.665. The molecule has 2 aliphatic carbocycles. The lowest BCUT2D eigenvalue weighted by molar-refractivity contribution is -0.149. The fourth-order valence-corrected chi connectivity index (χ4v) is 7.27. The van der Waals surface area contributed by atoms with Crippen LogP contribution >= 0.6 is 11.3 Å². The topological polar surface area (TPSA) is 68.3 Å². The van der Waals surface area contributed by atoms with Gasteiger partial charge < -0.3 is 4.74 Å². The number of rotatable bonds is 2. The molecule has 1 amide bonds. The molecule has 6 atom stereocenters. The van der Waals surface area contributed by atoms with Gasteiger partial charge in [-0.2, -0.15) is 0 Å². The average molecular weight is 447 g/mol. The predicted molar refractivity (Wildman–Crippen MR) is 112 cm³/mol. The molecule has 0 radical (unpaired) electrons. The van der Waals surface area contributed by atoms with Crippen LogP contribution in [0.4, 0.5) is 13.9 Å². The van der Waals surface area contributed by atoms with Crippen LogP contribution in [0.25, 0.3) is 0 Å². The summed E-state index contributed by atoms with van der Waals surface area (Å²) < 4.78 is 33.8. The highest BCUT2D eigenvalue weighted by atomic mass is 32.1. The number of benzene rings is 1. The van der Waals surface area contributed by atoms with E-state index in [2.05, 4.69) is 24.1 Å². The molecule has 1 N–H and O–H groups in total. The van der Waals surface area contributed by atoms with Gasteiger partial charge in [0, 0.05) is 22.6 Å². The number of aromatic nitrogens is 1. The third kappa shape index (κ3) is 3.10. The minimum absolute atomic E-state index is 0.0244. The lowest BCUT2D eigenvalue weighted by Crippen LogP contribution is -2.50. The van der Waals surface area contributed by atoms with Crippen LogP contribution in [0.15, 0.2) is 18.2 Å². The van der Waals surface area contributed by atoms with Crippen LogP contribution < -0.4 is 5.32 Å². The van der Waals surface area contributed by atoms with Crippen molar-refractivity contribution in [2.45, 2.75) is 52.1 Å². The number of esters is 1. The van der Waals surface area contributed by atoms with E-state index in [4.69, 9.17) is 4.74 Å². The second-order valence-electron chi connectivity index (χ2n) is 9.42. The zero-order valence-corrected chi connectivity index (χ0v) is 18.4. The minimum Gasteiger partial charge on any atom is -0.461 e. The van der Waals surface area contributed by atoms with Crippen LogP contribution in [0.3, 0.4) is 0 Å². The van der Waals surface area contributed by atoms with Crippen LogP contribution in [-0.4, -0.2) is 23.0 Å². The average Bonchev–Trinajstić information content (AvgIpc) is 3.21. The van der Waals surface area contributed by atoms with E-state index in [0.717, 1.165) is 42.0 Å². The van der Waals surface area contributed by atoms with Gasteiger partial charge in [-0.25, -0.2) is 13.8 Å². The standard InChI is InChI=1S/C23H24F2N2O3S/c1-10-12-7-8-23(3)9-15-18(11(2)17(23)19(12)30-21(10)29)26-22(31-15)27-20(28)16-13(24)5-4-6-14(16)25/h4-6,10-12,17,19H,7-9H2,1-3H3,(H,26,27,28)/t10-,11-,12-,17+,19-,23-/m0/s1. The van der Waals surface area contributed by atoms with Crippen molar-refractivity contribution in [3.05, 3.63) is 46.0 Å². The first-order valence-corrected chi connectivity index (χ1v) is 11.5. The van der Waals surface area contributed by atoms with Crippen molar-refractivity contribution in [3.63, 3.8) is 0 Å². The number of nitrogens with one attached hydrogen (secondary N) is 1. The minimum atomic E-state index is -0.908. The summed E-state index contributed by atoms with van der Waals surface area (Å²) in [5.74, 6) is -2.43. The summed E-state index contributed by atoms with van der Waals surface area (Å²) >= 11 is 1.36. The van der Waals surface area contributed by atoms with Crippen molar-refractivity contribution >= 4 is 28.3 Å². The van der Waals surface area contributed by atoms with Gasteiger partial charge in [0.15, 0.2) is 5.13 Å². The van der Waals surface area contributed by atoms with E-state index in [1.165, 1.54) is 17.4 Å². The number of ether oxygens (including phenoxy) is 1. The van der Waals surface area contributed by atoms with Crippen molar-refractivity contribution in [2.24, 2.45) is 23.2 Å². The van der Waals surface area contributed by atoms with Gasteiger partial charge in [-0.15, -0.1) is 11.3 Å². The Morgan fingerprint density at radius 1 is 1.26 bits per heavy atom. The third-order valence-corrected chi connectivity index (χ3v) is 8.55. The van der Waals surface area contributed by atoms with E-state index in [1.54, 1.807) is 0 Å². The molecule has 0 unspecified atom stereocenters. The molecule has 5 rings (SSSR count). The van der Waals surface area contributed by atoms with Gasteiger partial charge >= 0.3 is 5.97 Å². The largest absolute Gasteiger partial charge is 0.461 e. The number of hydrogen-bond acceptors (Lipinski definition) is 5. The number of halogens is 2. The fourth-order valence-electron chi connectivity index (χ4n) is 6.01. The van der Waals surface area contributed by atoms with Crippen LogP contribution in [0.5, 0.6) is 0 Å². The van der Waals surface area contributed by atoms with Crippen molar-refractivity contribution < 1.29 is 23.1 Å². The number of amides is 1. The summed E-state index contributed by atoms with van der Waals surface area (Å²) in [5.41, 5.74) is 0.246. The van der Waals surface area contributed by atoms with Gasteiger partial charge in [-0.05, 0) is 36.8 Å². The Morgan fingerprint density at radius 2 is 1.97 bits per heavy atom. The summed E-state index contributed by atoms with van der Waals surface area (Å²) in [4.78, 5) is 30.5.